The van der Waals surface area contributed by atoms with Crippen LogP contribution in [-0.2, 0) is 0 Å². The molecule has 0 aromatic rings. The van der Waals surface area contributed by atoms with Gasteiger partial charge in [-0.05, 0) is 24.3 Å². The molecule has 50 valence electrons. The first-order valence-corrected chi connectivity index (χ1v) is 2.51. The molecule has 0 N–H and O–H groups in total. The van der Waals surface area contributed by atoms with Crippen molar-refractivity contribution in [2.24, 2.45) is 0 Å². The Morgan fingerprint density at radius 2 is 1.56 bits per heavy atom. The molecule has 0 saturated carbocycles. The third kappa shape index (κ3) is 1.59. The summed E-state index contributed by atoms with van der Waals surface area (Å²) in [4.78, 5) is 0. The fraction of sp³-hybridized carbons (Fsp3) is 0.333. The van der Waals surface area contributed by atoms with E-state index < -0.39 is 12.1 Å². The summed E-state index contributed by atoms with van der Waals surface area (Å²) in [5, 5.41) is 0. The second-order valence-electron chi connectivity index (χ2n) is 1.84. The Morgan fingerprint density at radius 1 is 1.11 bits per heavy atom. The molecule has 0 aromatic heterocycles. The molecule has 0 radical (unpaired) electrons. The highest BCUT2D eigenvalue weighted by atomic mass is 19.3. The standard InChI is InChI=1S/C6H5F3/c7-5-1-3-6(8,9)4-2-5/h1-5H. The predicted octanol–water partition coefficient (Wildman–Crippen LogP) is 2.09. The lowest BCUT2D eigenvalue weighted by atomic mass is 10.1. The Balaban J connectivity index is 2.70. The maximum Gasteiger partial charge on any atom is 0.285 e. The molecule has 1 rings (SSSR count). The van der Waals surface area contributed by atoms with Crippen molar-refractivity contribution in [1.29, 1.82) is 0 Å². The third-order valence-corrected chi connectivity index (χ3v) is 1.00. The van der Waals surface area contributed by atoms with Crippen LogP contribution >= 0.6 is 0 Å². The molecule has 0 nitrogen and oxygen atoms in total. The van der Waals surface area contributed by atoms with E-state index in [4.69, 9.17) is 0 Å². The van der Waals surface area contributed by atoms with E-state index in [9.17, 15) is 13.2 Å². The van der Waals surface area contributed by atoms with Crippen LogP contribution in [0.4, 0.5) is 13.2 Å². The molecule has 0 aromatic carbocycles. The fourth-order valence-corrected chi connectivity index (χ4v) is 0.560. The summed E-state index contributed by atoms with van der Waals surface area (Å²) in [5.74, 6) is -2.94. The van der Waals surface area contributed by atoms with Crippen molar-refractivity contribution in [2.45, 2.75) is 12.1 Å². The van der Waals surface area contributed by atoms with Crippen LogP contribution in [-0.4, -0.2) is 12.1 Å². The summed E-state index contributed by atoms with van der Waals surface area (Å²) in [6.07, 6.45) is 1.43. The molecule has 1 aliphatic carbocycles. The van der Waals surface area contributed by atoms with Gasteiger partial charge in [-0.1, -0.05) is 0 Å². The van der Waals surface area contributed by atoms with Crippen LogP contribution in [0, 0.1) is 0 Å². The zero-order valence-corrected chi connectivity index (χ0v) is 4.52. The molecule has 0 spiro atoms. The van der Waals surface area contributed by atoms with Gasteiger partial charge in [-0.2, -0.15) is 8.78 Å². The molecule has 3 heteroatoms. The zero-order valence-electron chi connectivity index (χ0n) is 4.52. The summed E-state index contributed by atoms with van der Waals surface area (Å²) in [7, 11) is 0. The minimum Gasteiger partial charge on any atom is -0.238 e. The topological polar surface area (TPSA) is 0 Å². The summed E-state index contributed by atoms with van der Waals surface area (Å²) in [5.41, 5.74) is 0. The van der Waals surface area contributed by atoms with Crippen molar-refractivity contribution in [3.63, 3.8) is 0 Å². The number of alkyl halides is 3. The first-order valence-electron chi connectivity index (χ1n) is 2.51. The Kier molecular flexibility index (Phi) is 1.35. The summed E-state index contributed by atoms with van der Waals surface area (Å²) < 4.78 is 36.1. The number of halogens is 3. The second-order valence-corrected chi connectivity index (χ2v) is 1.84. The zero-order chi connectivity index (χ0) is 6.91. The molecule has 0 bridgehead atoms. The lowest BCUT2D eigenvalue weighted by Crippen LogP contribution is -2.12. The molecule has 0 fully saturated rings. The van der Waals surface area contributed by atoms with E-state index >= 15 is 0 Å². The van der Waals surface area contributed by atoms with Gasteiger partial charge < -0.3 is 0 Å². The first-order chi connectivity index (χ1) is 4.10. The maximum atomic E-state index is 12.0. The van der Waals surface area contributed by atoms with E-state index in [1.807, 2.05) is 0 Å². The summed E-state index contributed by atoms with van der Waals surface area (Å²) >= 11 is 0. The number of allylic oxidation sites excluding steroid dienone is 4. The molecule has 0 saturated heterocycles. The first kappa shape index (κ1) is 6.39. The van der Waals surface area contributed by atoms with Crippen molar-refractivity contribution >= 4 is 0 Å². The Labute approximate surface area is 50.7 Å². The van der Waals surface area contributed by atoms with Crippen LogP contribution in [0.5, 0.6) is 0 Å². The van der Waals surface area contributed by atoms with E-state index in [1.165, 1.54) is 0 Å². The van der Waals surface area contributed by atoms with Gasteiger partial charge in [0.1, 0.15) is 6.17 Å². The van der Waals surface area contributed by atoms with Crippen LogP contribution in [0.3, 0.4) is 0 Å². The van der Waals surface area contributed by atoms with E-state index in [1.54, 1.807) is 0 Å². The number of hydrogen-bond donors (Lipinski definition) is 0. The average molecular weight is 134 g/mol. The van der Waals surface area contributed by atoms with E-state index in [-0.39, 0.29) is 0 Å². The van der Waals surface area contributed by atoms with Crippen molar-refractivity contribution in [3.05, 3.63) is 24.3 Å². The molecular formula is C6H5F3. The monoisotopic (exact) mass is 134 g/mol. The minimum atomic E-state index is -2.94. The molecular weight excluding hydrogens is 129 g/mol. The van der Waals surface area contributed by atoms with E-state index in [0.29, 0.717) is 12.2 Å². The minimum absolute atomic E-state index is 0.553. The smallest absolute Gasteiger partial charge is 0.238 e. The van der Waals surface area contributed by atoms with Crippen LogP contribution in [0.15, 0.2) is 24.3 Å². The molecule has 0 unspecified atom stereocenters. The van der Waals surface area contributed by atoms with Crippen LogP contribution in [0.2, 0.25) is 0 Å². The van der Waals surface area contributed by atoms with Gasteiger partial charge in [0, 0.05) is 0 Å². The lowest BCUT2D eigenvalue weighted by Gasteiger charge is -2.09. The van der Waals surface area contributed by atoms with Gasteiger partial charge in [-0.15, -0.1) is 0 Å². The average Bonchev–Trinajstić information content (AvgIpc) is 1.78. The van der Waals surface area contributed by atoms with Gasteiger partial charge in [0.05, 0.1) is 0 Å². The van der Waals surface area contributed by atoms with Gasteiger partial charge in [0.25, 0.3) is 5.92 Å². The van der Waals surface area contributed by atoms with Gasteiger partial charge in [0.2, 0.25) is 0 Å². The highest BCUT2D eigenvalue weighted by Crippen LogP contribution is 2.21. The second kappa shape index (κ2) is 1.90. The van der Waals surface area contributed by atoms with Crippen molar-refractivity contribution in [3.8, 4) is 0 Å². The third-order valence-electron chi connectivity index (χ3n) is 1.00. The van der Waals surface area contributed by atoms with Crippen LogP contribution < -0.4 is 0 Å². The van der Waals surface area contributed by atoms with Gasteiger partial charge in [-0.25, -0.2) is 4.39 Å². The molecule has 1 aliphatic rings. The fourth-order valence-electron chi connectivity index (χ4n) is 0.560. The maximum absolute atomic E-state index is 12.0. The quantitative estimate of drug-likeness (QED) is 0.445. The molecule has 0 aliphatic heterocycles. The lowest BCUT2D eigenvalue weighted by molar-refractivity contribution is 0.107. The summed E-state index contributed by atoms with van der Waals surface area (Å²) in [6.45, 7) is 0. The molecule has 9 heavy (non-hydrogen) atoms. The van der Waals surface area contributed by atoms with Gasteiger partial charge in [0.15, 0.2) is 0 Å². The Bertz CT molecular complexity index is 142. The summed E-state index contributed by atoms with van der Waals surface area (Å²) in [6, 6.07) is 0. The van der Waals surface area contributed by atoms with E-state index in [2.05, 4.69) is 0 Å². The molecule has 0 amide bonds. The molecule has 0 atom stereocenters. The predicted molar refractivity (Wildman–Crippen MR) is 28.1 cm³/mol. The van der Waals surface area contributed by atoms with Crippen LogP contribution in [0.25, 0.3) is 0 Å². The van der Waals surface area contributed by atoms with Gasteiger partial charge >= 0.3 is 0 Å². The Morgan fingerprint density at radius 3 is 1.89 bits per heavy atom. The highest BCUT2D eigenvalue weighted by Gasteiger charge is 2.23. The normalized spacial score (nSPS) is 24.8. The number of hydrogen-bond acceptors (Lipinski definition) is 0. The highest BCUT2D eigenvalue weighted by molar-refractivity contribution is 5.19. The van der Waals surface area contributed by atoms with Crippen LogP contribution in [0.1, 0.15) is 0 Å². The van der Waals surface area contributed by atoms with E-state index in [0.717, 1.165) is 12.2 Å². The van der Waals surface area contributed by atoms with Crippen molar-refractivity contribution in [1.82, 2.24) is 0 Å². The van der Waals surface area contributed by atoms with Gasteiger partial charge in [-0.3, -0.25) is 0 Å². The largest absolute Gasteiger partial charge is 0.285 e. The number of rotatable bonds is 0. The SMILES string of the molecule is FC1C=CC(F)(F)C=C1. The molecule has 0 heterocycles. The van der Waals surface area contributed by atoms with Crippen molar-refractivity contribution in [2.75, 3.05) is 0 Å². The van der Waals surface area contributed by atoms with Crippen molar-refractivity contribution < 1.29 is 13.2 Å². The Hall–Kier alpha value is -0.730.